The molecule has 0 saturated heterocycles. The number of rotatable bonds is 5. The molecular formula is C21H19FN4O. The largest absolute Gasteiger partial charge is 0.484 e. The molecule has 136 valence electrons. The molecule has 4 rings (SSSR count). The van der Waals surface area contributed by atoms with Gasteiger partial charge in [-0.25, -0.2) is 4.98 Å². The van der Waals surface area contributed by atoms with Gasteiger partial charge in [0.05, 0.1) is 5.52 Å². The van der Waals surface area contributed by atoms with Crippen LogP contribution in [-0.4, -0.2) is 21.2 Å². The zero-order valence-corrected chi connectivity index (χ0v) is 14.8. The Kier molecular flexibility index (Phi) is 4.56. The second-order valence-electron chi connectivity index (χ2n) is 6.46. The van der Waals surface area contributed by atoms with Crippen LogP contribution >= 0.6 is 0 Å². The predicted molar refractivity (Wildman–Crippen MR) is 103 cm³/mol. The van der Waals surface area contributed by atoms with Crippen LogP contribution in [0, 0.1) is 5.95 Å². The lowest BCUT2D eigenvalue weighted by molar-refractivity contribution is 0.180. The van der Waals surface area contributed by atoms with Gasteiger partial charge in [0, 0.05) is 23.2 Å². The van der Waals surface area contributed by atoms with Gasteiger partial charge in [-0.1, -0.05) is 30.3 Å². The maximum atomic E-state index is 13.1. The maximum Gasteiger partial charge on any atom is 0.212 e. The molecule has 0 saturated carbocycles. The second kappa shape index (κ2) is 7.17. The molecule has 0 aliphatic rings. The van der Waals surface area contributed by atoms with Crippen molar-refractivity contribution in [1.29, 1.82) is 0 Å². The first-order valence-corrected chi connectivity index (χ1v) is 8.69. The van der Waals surface area contributed by atoms with Crippen LogP contribution in [0.3, 0.4) is 0 Å². The van der Waals surface area contributed by atoms with Crippen LogP contribution in [0.2, 0.25) is 0 Å². The standard InChI is InChI=1S/C21H19FN4O/c1-13(23)21(14-5-3-2-4-6-14)27-16-8-9-18-17(11-16)20(26-25-18)15-7-10-19(22)24-12-15/h2-13,21H,23H2,1H3,(H,25,26). The summed E-state index contributed by atoms with van der Waals surface area (Å²) in [5.41, 5.74) is 9.46. The van der Waals surface area contributed by atoms with Crippen molar-refractivity contribution < 1.29 is 9.13 Å². The van der Waals surface area contributed by atoms with Crippen molar-refractivity contribution in [2.45, 2.75) is 19.1 Å². The number of benzene rings is 2. The fourth-order valence-corrected chi connectivity index (χ4v) is 3.07. The molecule has 2 heterocycles. The second-order valence-corrected chi connectivity index (χ2v) is 6.46. The van der Waals surface area contributed by atoms with Crippen LogP contribution in [0.25, 0.3) is 22.2 Å². The van der Waals surface area contributed by atoms with E-state index in [0.717, 1.165) is 22.0 Å². The average Bonchev–Trinajstić information content (AvgIpc) is 3.10. The minimum absolute atomic E-state index is 0.187. The van der Waals surface area contributed by atoms with Gasteiger partial charge in [0.15, 0.2) is 0 Å². The van der Waals surface area contributed by atoms with Gasteiger partial charge in [-0.3, -0.25) is 5.10 Å². The fourth-order valence-electron chi connectivity index (χ4n) is 3.07. The van der Waals surface area contributed by atoms with Gasteiger partial charge in [0.1, 0.15) is 17.5 Å². The van der Waals surface area contributed by atoms with E-state index in [0.29, 0.717) is 11.4 Å². The highest BCUT2D eigenvalue weighted by atomic mass is 19.1. The van der Waals surface area contributed by atoms with E-state index in [4.69, 9.17) is 10.5 Å². The number of nitrogens with two attached hydrogens (primary N) is 1. The van der Waals surface area contributed by atoms with Crippen molar-refractivity contribution in [3.63, 3.8) is 0 Å². The van der Waals surface area contributed by atoms with Gasteiger partial charge in [0.25, 0.3) is 0 Å². The highest BCUT2D eigenvalue weighted by Gasteiger charge is 2.19. The predicted octanol–water partition coefficient (Wildman–Crippen LogP) is 4.23. The zero-order chi connectivity index (χ0) is 18.8. The molecule has 27 heavy (non-hydrogen) atoms. The van der Waals surface area contributed by atoms with E-state index in [1.54, 1.807) is 6.07 Å². The van der Waals surface area contributed by atoms with Crippen molar-refractivity contribution in [2.24, 2.45) is 5.73 Å². The van der Waals surface area contributed by atoms with Crippen LogP contribution in [-0.2, 0) is 0 Å². The van der Waals surface area contributed by atoms with Crippen LogP contribution in [0.15, 0.2) is 66.9 Å². The number of aromatic nitrogens is 3. The smallest absolute Gasteiger partial charge is 0.212 e. The summed E-state index contributed by atoms with van der Waals surface area (Å²) in [5, 5.41) is 8.20. The van der Waals surface area contributed by atoms with Gasteiger partial charge in [0.2, 0.25) is 5.95 Å². The van der Waals surface area contributed by atoms with E-state index < -0.39 is 5.95 Å². The summed E-state index contributed by atoms with van der Waals surface area (Å²) in [6, 6.07) is 18.4. The Morgan fingerprint density at radius 3 is 2.59 bits per heavy atom. The van der Waals surface area contributed by atoms with E-state index in [1.165, 1.54) is 12.3 Å². The molecule has 0 radical (unpaired) electrons. The Balaban J connectivity index is 1.70. The zero-order valence-electron chi connectivity index (χ0n) is 14.8. The number of halogens is 1. The third kappa shape index (κ3) is 3.52. The quantitative estimate of drug-likeness (QED) is 0.521. The molecule has 4 aromatic rings. The average molecular weight is 362 g/mol. The molecular weight excluding hydrogens is 343 g/mol. The number of nitrogens with zero attached hydrogens (tertiary/aromatic N) is 2. The molecule has 0 aliphatic heterocycles. The van der Waals surface area contributed by atoms with Crippen LogP contribution in [0.1, 0.15) is 18.6 Å². The summed E-state index contributed by atoms with van der Waals surface area (Å²) in [4.78, 5) is 3.71. The van der Waals surface area contributed by atoms with Gasteiger partial charge < -0.3 is 10.5 Å². The normalized spacial score (nSPS) is 13.4. The number of hydrogen-bond acceptors (Lipinski definition) is 4. The number of fused-ring (bicyclic) bond motifs is 1. The number of H-pyrrole nitrogens is 1. The molecule has 2 atom stereocenters. The fraction of sp³-hybridized carbons (Fsp3) is 0.143. The van der Waals surface area contributed by atoms with Crippen molar-refractivity contribution >= 4 is 10.9 Å². The van der Waals surface area contributed by atoms with Crippen LogP contribution < -0.4 is 10.5 Å². The van der Waals surface area contributed by atoms with E-state index in [1.807, 2.05) is 55.5 Å². The minimum Gasteiger partial charge on any atom is -0.484 e. The molecule has 5 nitrogen and oxygen atoms in total. The molecule has 0 spiro atoms. The molecule has 0 aliphatic carbocycles. The lowest BCUT2D eigenvalue weighted by Gasteiger charge is -2.23. The van der Waals surface area contributed by atoms with Crippen molar-refractivity contribution in [3.05, 3.63) is 78.4 Å². The molecule has 0 fully saturated rings. The Labute approximate surface area is 156 Å². The summed E-state index contributed by atoms with van der Waals surface area (Å²) >= 11 is 0. The van der Waals surface area contributed by atoms with Gasteiger partial charge in [-0.05, 0) is 42.8 Å². The summed E-state index contributed by atoms with van der Waals surface area (Å²) in [6.45, 7) is 1.92. The maximum absolute atomic E-state index is 13.1. The highest BCUT2D eigenvalue weighted by molar-refractivity contribution is 5.93. The summed E-state index contributed by atoms with van der Waals surface area (Å²) < 4.78 is 19.3. The highest BCUT2D eigenvalue weighted by Crippen LogP contribution is 2.31. The third-order valence-electron chi connectivity index (χ3n) is 4.40. The lowest BCUT2D eigenvalue weighted by atomic mass is 10.0. The van der Waals surface area contributed by atoms with Gasteiger partial charge in [-0.15, -0.1) is 0 Å². The van der Waals surface area contributed by atoms with Crippen molar-refractivity contribution in [3.8, 4) is 17.0 Å². The van der Waals surface area contributed by atoms with Gasteiger partial charge >= 0.3 is 0 Å². The van der Waals surface area contributed by atoms with E-state index >= 15 is 0 Å². The molecule has 6 heteroatoms. The molecule has 0 bridgehead atoms. The topological polar surface area (TPSA) is 76.8 Å². The number of pyridine rings is 1. The first-order chi connectivity index (χ1) is 13.1. The third-order valence-corrected chi connectivity index (χ3v) is 4.40. The molecule has 2 aromatic carbocycles. The number of ether oxygens (including phenoxy) is 1. The van der Waals surface area contributed by atoms with E-state index in [-0.39, 0.29) is 12.1 Å². The molecule has 2 unspecified atom stereocenters. The van der Waals surface area contributed by atoms with E-state index in [2.05, 4.69) is 15.2 Å². The van der Waals surface area contributed by atoms with Crippen LogP contribution in [0.5, 0.6) is 5.75 Å². The van der Waals surface area contributed by atoms with Crippen molar-refractivity contribution in [2.75, 3.05) is 0 Å². The number of aromatic amines is 1. The monoisotopic (exact) mass is 362 g/mol. The van der Waals surface area contributed by atoms with E-state index in [9.17, 15) is 4.39 Å². The first kappa shape index (κ1) is 17.2. The SMILES string of the molecule is CC(N)C(Oc1ccc2[nH]nc(-c3ccc(F)nc3)c2c1)c1ccccc1. The molecule has 2 aromatic heterocycles. The van der Waals surface area contributed by atoms with Gasteiger partial charge in [-0.2, -0.15) is 9.49 Å². The molecule has 3 N–H and O–H groups in total. The first-order valence-electron chi connectivity index (χ1n) is 8.69. The Morgan fingerprint density at radius 1 is 1.07 bits per heavy atom. The minimum atomic E-state index is -0.523. The summed E-state index contributed by atoms with van der Waals surface area (Å²) in [5.74, 6) is 0.164. The van der Waals surface area contributed by atoms with Crippen LogP contribution in [0.4, 0.5) is 4.39 Å². The molecule has 0 amide bonds. The number of hydrogen-bond donors (Lipinski definition) is 2. The Bertz CT molecular complexity index is 1040. The Morgan fingerprint density at radius 2 is 1.89 bits per heavy atom. The summed E-state index contributed by atoms with van der Waals surface area (Å²) in [6.07, 6.45) is 1.19. The van der Waals surface area contributed by atoms with Crippen molar-refractivity contribution in [1.82, 2.24) is 15.2 Å². The lowest BCUT2D eigenvalue weighted by Crippen LogP contribution is -2.29. The number of nitrogens with one attached hydrogen (secondary N) is 1. The summed E-state index contributed by atoms with van der Waals surface area (Å²) in [7, 11) is 0. The Hall–Kier alpha value is -3.25.